The smallest absolute Gasteiger partial charge is 0.115 e. The van der Waals surface area contributed by atoms with Crippen LogP contribution in [0.1, 0.15) is 76.0 Å². The third-order valence-electron chi connectivity index (χ3n) is 9.94. The van der Waals surface area contributed by atoms with Crippen LogP contribution in [0.2, 0.25) is 0 Å². The zero-order valence-corrected chi connectivity index (χ0v) is 21.8. The maximum Gasteiger partial charge on any atom is 0.115 e. The molecule has 2 fully saturated rings. The van der Waals surface area contributed by atoms with E-state index in [9.17, 15) is 15.3 Å². The van der Waals surface area contributed by atoms with E-state index < -0.39 is 0 Å². The summed E-state index contributed by atoms with van der Waals surface area (Å²) in [5, 5.41) is 30.0. The van der Waals surface area contributed by atoms with Crippen molar-refractivity contribution in [3.63, 3.8) is 0 Å². The molecule has 4 atom stereocenters. The van der Waals surface area contributed by atoms with E-state index in [-0.39, 0.29) is 10.8 Å². The largest absolute Gasteiger partial charge is 0.508 e. The second-order valence-electron chi connectivity index (χ2n) is 11.8. The van der Waals surface area contributed by atoms with E-state index in [1.165, 1.54) is 29.5 Å². The van der Waals surface area contributed by atoms with Crippen LogP contribution >= 0.6 is 0 Å². The van der Waals surface area contributed by atoms with Gasteiger partial charge in [0.05, 0.1) is 0 Å². The Morgan fingerprint density at radius 3 is 1.47 bits per heavy atom. The van der Waals surface area contributed by atoms with Crippen LogP contribution in [0.3, 0.4) is 0 Å². The van der Waals surface area contributed by atoms with E-state index >= 15 is 0 Å². The predicted molar refractivity (Wildman–Crippen MR) is 145 cm³/mol. The maximum absolute atomic E-state index is 10.0. The average Bonchev–Trinajstić information content (AvgIpc) is 2.88. The molecule has 3 N–H and O–H groups in total. The molecule has 5 rings (SSSR count). The Hall–Kier alpha value is -2.94. The third-order valence-corrected chi connectivity index (χ3v) is 9.94. The Kier molecular flexibility index (Phi) is 6.53. The summed E-state index contributed by atoms with van der Waals surface area (Å²) in [5.41, 5.74) is 3.82. The summed E-state index contributed by atoms with van der Waals surface area (Å²) in [6, 6.07) is 23.6. The van der Waals surface area contributed by atoms with E-state index in [0.29, 0.717) is 40.9 Å². The molecule has 0 radical (unpaired) electrons. The molecule has 3 nitrogen and oxygen atoms in total. The van der Waals surface area contributed by atoms with Crippen molar-refractivity contribution >= 4 is 0 Å². The van der Waals surface area contributed by atoms with Crippen LogP contribution < -0.4 is 0 Å². The topological polar surface area (TPSA) is 60.7 Å². The zero-order chi connectivity index (χ0) is 25.5. The summed E-state index contributed by atoms with van der Waals surface area (Å²) in [4.78, 5) is 0. The van der Waals surface area contributed by atoms with Crippen LogP contribution in [-0.4, -0.2) is 15.3 Å². The minimum Gasteiger partial charge on any atom is -0.508 e. The number of hydrogen-bond acceptors (Lipinski definition) is 3. The molecule has 0 amide bonds. The molecule has 4 unspecified atom stereocenters. The SMILES string of the molecule is CC1CC(C)C(C)C(c2ccc(O)cc2)(C2CCC(c3ccc(O)cc3)(c3ccc(O)cc3)CC2)C1. The van der Waals surface area contributed by atoms with Crippen LogP contribution in [0, 0.1) is 23.7 Å². The summed E-state index contributed by atoms with van der Waals surface area (Å²) in [7, 11) is 0. The van der Waals surface area contributed by atoms with Crippen molar-refractivity contribution in [2.45, 2.75) is 70.1 Å². The van der Waals surface area contributed by atoms with Crippen LogP contribution in [0.25, 0.3) is 0 Å². The number of aromatic hydroxyl groups is 3. The molecule has 2 aliphatic carbocycles. The van der Waals surface area contributed by atoms with Gasteiger partial charge in [-0.3, -0.25) is 0 Å². The first kappa shape index (κ1) is 24.7. The summed E-state index contributed by atoms with van der Waals surface area (Å²) in [5.74, 6) is 3.37. The normalized spacial score (nSPS) is 28.6. The van der Waals surface area contributed by atoms with Gasteiger partial charge in [0.25, 0.3) is 0 Å². The van der Waals surface area contributed by atoms with Gasteiger partial charge in [0.15, 0.2) is 0 Å². The minimum atomic E-state index is -0.136. The number of hydrogen-bond donors (Lipinski definition) is 3. The molecular formula is C33H40O3. The molecule has 2 aliphatic rings. The van der Waals surface area contributed by atoms with Gasteiger partial charge >= 0.3 is 0 Å². The molecule has 3 aromatic carbocycles. The molecule has 0 spiro atoms. The van der Waals surface area contributed by atoms with E-state index in [1.807, 2.05) is 12.1 Å². The van der Waals surface area contributed by atoms with E-state index in [1.54, 1.807) is 24.3 Å². The summed E-state index contributed by atoms with van der Waals surface area (Å²) >= 11 is 0. The highest BCUT2D eigenvalue weighted by molar-refractivity contribution is 5.44. The highest BCUT2D eigenvalue weighted by atomic mass is 16.3. The lowest BCUT2D eigenvalue weighted by Crippen LogP contribution is -2.50. The molecule has 0 bridgehead atoms. The highest BCUT2D eigenvalue weighted by Crippen LogP contribution is 2.59. The van der Waals surface area contributed by atoms with Crippen molar-refractivity contribution in [3.8, 4) is 17.2 Å². The van der Waals surface area contributed by atoms with Crippen LogP contribution in [0.5, 0.6) is 17.2 Å². The standard InChI is InChI=1S/C33H40O3/c1-22-20-23(2)24(3)33(21-22,27-8-14-31(36)15-9-27)28-16-18-32(19-17-28,25-4-10-29(34)11-5-25)26-6-12-30(35)13-7-26/h4-15,22-24,28,34-36H,16-21H2,1-3H3. The fourth-order valence-corrected chi connectivity index (χ4v) is 8.05. The molecule has 190 valence electrons. The Morgan fingerprint density at radius 1 is 0.611 bits per heavy atom. The van der Waals surface area contributed by atoms with E-state index in [0.717, 1.165) is 25.7 Å². The van der Waals surface area contributed by atoms with Gasteiger partial charge in [0.1, 0.15) is 17.2 Å². The van der Waals surface area contributed by atoms with Gasteiger partial charge in [-0.2, -0.15) is 0 Å². The van der Waals surface area contributed by atoms with Crippen molar-refractivity contribution in [2.24, 2.45) is 23.7 Å². The predicted octanol–water partition coefficient (Wildman–Crippen LogP) is 7.92. The Morgan fingerprint density at radius 2 is 1.03 bits per heavy atom. The molecule has 0 aliphatic heterocycles. The lowest BCUT2D eigenvalue weighted by molar-refractivity contribution is 0.0238. The van der Waals surface area contributed by atoms with Crippen LogP contribution in [0.15, 0.2) is 72.8 Å². The van der Waals surface area contributed by atoms with Crippen molar-refractivity contribution < 1.29 is 15.3 Å². The van der Waals surface area contributed by atoms with Gasteiger partial charge in [0, 0.05) is 10.8 Å². The Balaban J connectivity index is 1.55. The second kappa shape index (κ2) is 9.50. The fourth-order valence-electron chi connectivity index (χ4n) is 8.05. The Bertz CT molecular complexity index is 1110. The first-order valence-electron chi connectivity index (χ1n) is 13.6. The van der Waals surface area contributed by atoms with Crippen molar-refractivity contribution in [2.75, 3.05) is 0 Å². The molecule has 2 saturated carbocycles. The lowest BCUT2D eigenvalue weighted by atomic mass is 9.48. The van der Waals surface area contributed by atoms with Crippen molar-refractivity contribution in [1.29, 1.82) is 0 Å². The zero-order valence-electron chi connectivity index (χ0n) is 21.8. The molecule has 36 heavy (non-hydrogen) atoms. The number of phenolic OH excluding ortho intramolecular Hbond substituents is 3. The number of phenols is 3. The van der Waals surface area contributed by atoms with Crippen molar-refractivity contribution in [1.82, 2.24) is 0 Å². The van der Waals surface area contributed by atoms with E-state index in [2.05, 4.69) is 57.2 Å². The van der Waals surface area contributed by atoms with Gasteiger partial charge in [-0.05, 0) is 115 Å². The fraction of sp³-hybridized carbons (Fsp3) is 0.455. The molecular weight excluding hydrogens is 444 g/mol. The summed E-state index contributed by atoms with van der Waals surface area (Å²) in [6.45, 7) is 7.30. The quantitative estimate of drug-likeness (QED) is 0.352. The number of rotatable bonds is 4. The van der Waals surface area contributed by atoms with Gasteiger partial charge in [0.2, 0.25) is 0 Å². The Labute approximate surface area is 215 Å². The summed E-state index contributed by atoms with van der Waals surface area (Å²) in [6.07, 6.45) is 6.77. The second-order valence-corrected chi connectivity index (χ2v) is 11.8. The summed E-state index contributed by atoms with van der Waals surface area (Å²) < 4.78 is 0. The molecule has 3 aromatic rings. The lowest BCUT2D eigenvalue weighted by Gasteiger charge is -2.56. The van der Waals surface area contributed by atoms with Gasteiger partial charge in [-0.1, -0.05) is 57.2 Å². The molecule has 0 aromatic heterocycles. The van der Waals surface area contributed by atoms with Crippen LogP contribution in [-0.2, 0) is 10.8 Å². The van der Waals surface area contributed by atoms with Gasteiger partial charge in [-0.25, -0.2) is 0 Å². The number of benzene rings is 3. The first-order valence-corrected chi connectivity index (χ1v) is 13.6. The molecule has 3 heteroatoms. The maximum atomic E-state index is 10.0. The third kappa shape index (κ3) is 4.17. The van der Waals surface area contributed by atoms with Crippen molar-refractivity contribution in [3.05, 3.63) is 89.5 Å². The minimum absolute atomic E-state index is 0.0981. The molecule has 0 heterocycles. The van der Waals surface area contributed by atoms with Gasteiger partial charge < -0.3 is 15.3 Å². The highest BCUT2D eigenvalue weighted by Gasteiger charge is 2.52. The molecule has 0 saturated heterocycles. The first-order chi connectivity index (χ1) is 17.2. The average molecular weight is 485 g/mol. The monoisotopic (exact) mass is 484 g/mol. The van der Waals surface area contributed by atoms with Gasteiger partial charge in [-0.15, -0.1) is 0 Å². The van der Waals surface area contributed by atoms with E-state index in [4.69, 9.17) is 0 Å². The van der Waals surface area contributed by atoms with Crippen LogP contribution in [0.4, 0.5) is 0 Å².